The van der Waals surface area contributed by atoms with Crippen molar-refractivity contribution in [3.05, 3.63) is 23.8 Å². The first kappa shape index (κ1) is 21.3. The number of ether oxygens (including phenoxy) is 3. The van der Waals surface area contributed by atoms with Crippen molar-refractivity contribution in [1.29, 1.82) is 0 Å². The Morgan fingerprint density at radius 1 is 1.10 bits per heavy atom. The maximum atomic E-state index is 12.3. The van der Waals surface area contributed by atoms with E-state index < -0.39 is 24.4 Å². The van der Waals surface area contributed by atoms with Crippen LogP contribution >= 0.6 is 0 Å². The average molecular weight is 409 g/mol. The van der Waals surface area contributed by atoms with Crippen molar-refractivity contribution < 1.29 is 34.0 Å². The molecule has 2 heterocycles. The summed E-state index contributed by atoms with van der Waals surface area (Å²) in [7, 11) is 3.80. The second kappa shape index (κ2) is 9.40. The summed E-state index contributed by atoms with van der Waals surface area (Å²) >= 11 is 0. The van der Waals surface area contributed by atoms with Crippen LogP contribution in [-0.4, -0.2) is 91.9 Å². The number of nitrogens with one attached hydrogen (secondary N) is 2. The van der Waals surface area contributed by atoms with Gasteiger partial charge in [0.1, 0.15) is 18.3 Å². The highest BCUT2D eigenvalue weighted by molar-refractivity contribution is 5.94. The van der Waals surface area contributed by atoms with E-state index in [2.05, 4.69) is 10.6 Å². The zero-order chi connectivity index (χ0) is 21.0. The number of hydrogen-bond donors (Lipinski definition) is 4. The summed E-state index contributed by atoms with van der Waals surface area (Å²) in [5.41, 5.74) is 0.374. The van der Waals surface area contributed by atoms with E-state index in [4.69, 9.17) is 14.2 Å². The first-order valence-corrected chi connectivity index (χ1v) is 9.46. The first-order chi connectivity index (χ1) is 13.8. The predicted molar refractivity (Wildman–Crippen MR) is 102 cm³/mol. The highest BCUT2D eigenvalue weighted by atomic mass is 16.7. The third-order valence-corrected chi connectivity index (χ3v) is 4.83. The topological polar surface area (TPSA) is 130 Å². The van der Waals surface area contributed by atoms with E-state index in [-0.39, 0.29) is 31.6 Å². The van der Waals surface area contributed by atoms with E-state index in [1.165, 1.54) is 0 Å². The lowest BCUT2D eigenvalue weighted by atomic mass is 10.1. The molecule has 10 nitrogen and oxygen atoms in total. The van der Waals surface area contributed by atoms with Gasteiger partial charge < -0.3 is 40.0 Å². The molecule has 0 spiro atoms. The van der Waals surface area contributed by atoms with E-state index in [1.54, 1.807) is 18.2 Å². The number of aliphatic hydroxyl groups excluding tert-OH is 2. The molecule has 4 atom stereocenters. The molecule has 0 radical (unpaired) electrons. The van der Waals surface area contributed by atoms with Crippen molar-refractivity contribution in [2.24, 2.45) is 0 Å². The molecule has 0 aliphatic carbocycles. The van der Waals surface area contributed by atoms with Crippen LogP contribution in [0.15, 0.2) is 18.2 Å². The van der Waals surface area contributed by atoms with Gasteiger partial charge >= 0.3 is 0 Å². The van der Waals surface area contributed by atoms with Gasteiger partial charge in [0.05, 0.1) is 12.5 Å². The molecule has 2 amide bonds. The molecule has 1 fully saturated rings. The standard InChI is InChI=1S/C19H27N3O7/c1-22(2)6-5-20-16(23)8-14-17(24)18(25)15(29-14)9-21-19(26)11-3-4-12-13(7-11)28-10-27-12/h3-4,7,14-15,17-18,24-25H,5-6,8-10H2,1-2H3,(H,20,23)(H,21,26)/t14-,15-,17+,18-/m1/s1. The fraction of sp³-hybridized carbons (Fsp3) is 0.579. The Labute approximate surface area is 168 Å². The van der Waals surface area contributed by atoms with E-state index in [9.17, 15) is 19.8 Å². The van der Waals surface area contributed by atoms with Crippen LogP contribution in [0.25, 0.3) is 0 Å². The average Bonchev–Trinajstić information content (AvgIpc) is 3.25. The van der Waals surface area contributed by atoms with Gasteiger partial charge in [-0.3, -0.25) is 9.59 Å². The Morgan fingerprint density at radius 2 is 1.83 bits per heavy atom. The minimum atomic E-state index is -1.21. The van der Waals surface area contributed by atoms with Crippen LogP contribution in [-0.2, 0) is 9.53 Å². The third-order valence-electron chi connectivity index (χ3n) is 4.83. The molecule has 2 aliphatic heterocycles. The number of likely N-dealkylation sites (N-methyl/N-ethyl adjacent to an activating group) is 1. The second-order valence-electron chi connectivity index (χ2n) is 7.33. The number of carbonyl (C=O) groups is 2. The first-order valence-electron chi connectivity index (χ1n) is 9.46. The second-order valence-corrected chi connectivity index (χ2v) is 7.33. The molecule has 0 bridgehead atoms. The molecule has 1 aromatic carbocycles. The monoisotopic (exact) mass is 409 g/mol. The highest BCUT2D eigenvalue weighted by Crippen LogP contribution is 2.32. The molecule has 3 rings (SSSR count). The summed E-state index contributed by atoms with van der Waals surface area (Å²) in [6, 6.07) is 4.82. The third kappa shape index (κ3) is 5.36. The number of amides is 2. The Balaban J connectivity index is 1.47. The minimum Gasteiger partial charge on any atom is -0.454 e. The normalized spacial score (nSPS) is 25.3. The van der Waals surface area contributed by atoms with Crippen molar-refractivity contribution in [2.45, 2.75) is 30.8 Å². The van der Waals surface area contributed by atoms with Gasteiger partial charge in [0.25, 0.3) is 5.91 Å². The van der Waals surface area contributed by atoms with E-state index in [0.29, 0.717) is 30.2 Å². The van der Waals surface area contributed by atoms with Crippen molar-refractivity contribution >= 4 is 11.8 Å². The van der Waals surface area contributed by atoms with Crippen molar-refractivity contribution in [3.8, 4) is 11.5 Å². The molecule has 0 aromatic heterocycles. The summed E-state index contributed by atoms with van der Waals surface area (Å²) in [6.07, 6.45) is -4.13. The number of aliphatic hydroxyl groups is 2. The van der Waals surface area contributed by atoms with Gasteiger partial charge in [-0.05, 0) is 32.3 Å². The van der Waals surface area contributed by atoms with Crippen LogP contribution in [0.3, 0.4) is 0 Å². The lowest BCUT2D eigenvalue weighted by Gasteiger charge is -2.16. The number of nitrogens with zero attached hydrogens (tertiary/aromatic N) is 1. The summed E-state index contributed by atoms with van der Waals surface area (Å²) < 4.78 is 16.1. The van der Waals surface area contributed by atoms with Crippen molar-refractivity contribution in [2.75, 3.05) is 40.5 Å². The lowest BCUT2D eigenvalue weighted by molar-refractivity contribution is -0.125. The summed E-state index contributed by atoms with van der Waals surface area (Å²) in [6.45, 7) is 1.28. The van der Waals surface area contributed by atoms with Crippen LogP contribution in [0, 0.1) is 0 Å². The van der Waals surface area contributed by atoms with Crippen LogP contribution in [0.1, 0.15) is 16.8 Å². The summed E-state index contributed by atoms with van der Waals surface area (Å²) in [4.78, 5) is 26.3. The molecule has 160 valence electrons. The van der Waals surface area contributed by atoms with Crippen molar-refractivity contribution in [1.82, 2.24) is 15.5 Å². The number of hydrogen-bond acceptors (Lipinski definition) is 8. The van der Waals surface area contributed by atoms with Gasteiger partial charge in [0, 0.05) is 25.2 Å². The molecule has 2 aliphatic rings. The van der Waals surface area contributed by atoms with Gasteiger partial charge in [-0.1, -0.05) is 0 Å². The number of benzene rings is 1. The van der Waals surface area contributed by atoms with Gasteiger partial charge in [0.15, 0.2) is 11.5 Å². The zero-order valence-electron chi connectivity index (χ0n) is 16.5. The number of fused-ring (bicyclic) bond motifs is 1. The Morgan fingerprint density at radius 3 is 2.59 bits per heavy atom. The SMILES string of the molecule is CN(C)CCNC(=O)C[C@H]1O[C@H](CNC(=O)c2ccc3c(c2)OCO3)[C@@H](O)[C@H]1O. The Kier molecular flexibility index (Phi) is 6.91. The van der Waals surface area contributed by atoms with Gasteiger partial charge in [-0.25, -0.2) is 0 Å². The fourth-order valence-electron chi connectivity index (χ4n) is 3.17. The number of rotatable bonds is 8. The maximum absolute atomic E-state index is 12.3. The molecule has 0 unspecified atom stereocenters. The molecular weight excluding hydrogens is 382 g/mol. The molecule has 10 heteroatoms. The summed E-state index contributed by atoms with van der Waals surface area (Å²) in [5, 5.41) is 25.8. The predicted octanol–water partition coefficient (Wildman–Crippen LogP) is -1.30. The van der Waals surface area contributed by atoms with Crippen LogP contribution < -0.4 is 20.1 Å². The van der Waals surface area contributed by atoms with E-state index >= 15 is 0 Å². The number of carbonyl (C=O) groups excluding carboxylic acids is 2. The maximum Gasteiger partial charge on any atom is 0.251 e. The van der Waals surface area contributed by atoms with Crippen LogP contribution in [0.2, 0.25) is 0 Å². The Hall–Kier alpha value is -2.40. The zero-order valence-corrected chi connectivity index (χ0v) is 16.5. The molecule has 4 N–H and O–H groups in total. The van der Waals surface area contributed by atoms with Gasteiger partial charge in [-0.2, -0.15) is 0 Å². The smallest absolute Gasteiger partial charge is 0.251 e. The molecule has 29 heavy (non-hydrogen) atoms. The molecule has 1 saturated heterocycles. The van der Waals surface area contributed by atoms with Crippen LogP contribution in [0.4, 0.5) is 0 Å². The van der Waals surface area contributed by atoms with Gasteiger partial charge in [-0.15, -0.1) is 0 Å². The largest absolute Gasteiger partial charge is 0.454 e. The minimum absolute atomic E-state index is 0.00967. The highest BCUT2D eigenvalue weighted by Gasteiger charge is 2.43. The Bertz CT molecular complexity index is 743. The van der Waals surface area contributed by atoms with E-state index in [0.717, 1.165) is 0 Å². The molecular formula is C19H27N3O7. The quantitative estimate of drug-likeness (QED) is 0.417. The van der Waals surface area contributed by atoms with Gasteiger partial charge in [0.2, 0.25) is 12.7 Å². The van der Waals surface area contributed by atoms with Crippen molar-refractivity contribution in [3.63, 3.8) is 0 Å². The summed E-state index contributed by atoms with van der Waals surface area (Å²) in [5.74, 6) is 0.420. The van der Waals surface area contributed by atoms with Crippen LogP contribution in [0.5, 0.6) is 11.5 Å². The van der Waals surface area contributed by atoms with E-state index in [1.807, 2.05) is 19.0 Å². The lowest BCUT2D eigenvalue weighted by Crippen LogP contribution is -2.40. The molecule has 0 saturated carbocycles. The fourth-order valence-corrected chi connectivity index (χ4v) is 3.17. The molecule has 1 aromatic rings.